The summed E-state index contributed by atoms with van der Waals surface area (Å²) in [6, 6.07) is 61.8. The lowest BCUT2D eigenvalue weighted by Crippen LogP contribution is -2.27. The van der Waals surface area contributed by atoms with Gasteiger partial charge < -0.3 is 4.90 Å². The average Bonchev–Trinajstić information content (AvgIpc) is 3.79. The van der Waals surface area contributed by atoms with Crippen molar-refractivity contribution in [1.29, 1.82) is 0 Å². The van der Waals surface area contributed by atoms with E-state index in [0.717, 1.165) is 11.4 Å². The summed E-state index contributed by atoms with van der Waals surface area (Å²) < 4.78 is 0. The van der Waals surface area contributed by atoms with E-state index in [4.69, 9.17) is 0 Å². The van der Waals surface area contributed by atoms with Gasteiger partial charge in [0.2, 0.25) is 0 Å². The summed E-state index contributed by atoms with van der Waals surface area (Å²) in [4.78, 5) is 2.51. The molecule has 274 valence electrons. The van der Waals surface area contributed by atoms with E-state index in [0.29, 0.717) is 0 Å². The predicted octanol–water partition coefficient (Wildman–Crippen LogP) is 14.7. The maximum absolute atomic E-state index is 2.51. The molecular formula is C56H45N. The largest absolute Gasteiger partial charge is 0.310 e. The fourth-order valence-electron chi connectivity index (χ4n) is 10.9. The van der Waals surface area contributed by atoms with Crippen molar-refractivity contribution in [3.8, 4) is 44.5 Å². The Labute approximate surface area is 336 Å². The Bertz CT molecular complexity index is 2920. The molecule has 11 rings (SSSR count). The molecule has 8 aromatic rings. The van der Waals surface area contributed by atoms with Crippen LogP contribution < -0.4 is 4.90 Å². The van der Waals surface area contributed by atoms with Crippen molar-refractivity contribution in [3.05, 3.63) is 219 Å². The van der Waals surface area contributed by atoms with Crippen LogP contribution >= 0.6 is 0 Å². The first-order chi connectivity index (χ1) is 27.7. The topological polar surface area (TPSA) is 3.24 Å². The van der Waals surface area contributed by atoms with E-state index in [2.05, 4.69) is 210 Å². The van der Waals surface area contributed by atoms with Crippen LogP contribution in [0.25, 0.3) is 44.5 Å². The summed E-state index contributed by atoms with van der Waals surface area (Å²) in [7, 11) is 0. The van der Waals surface area contributed by atoms with Crippen molar-refractivity contribution in [2.75, 3.05) is 4.90 Å². The minimum atomic E-state index is -0.425. The monoisotopic (exact) mass is 731 g/mol. The molecule has 0 saturated heterocycles. The van der Waals surface area contributed by atoms with Gasteiger partial charge in [-0.25, -0.2) is 0 Å². The molecular weight excluding hydrogens is 687 g/mol. The van der Waals surface area contributed by atoms with Crippen LogP contribution in [0.4, 0.5) is 17.1 Å². The van der Waals surface area contributed by atoms with E-state index in [1.165, 1.54) is 106 Å². The van der Waals surface area contributed by atoms with Gasteiger partial charge in [-0.2, -0.15) is 0 Å². The number of para-hydroxylation sites is 1. The number of anilines is 3. The highest BCUT2D eigenvalue weighted by Crippen LogP contribution is 2.66. The first kappa shape index (κ1) is 33.9. The maximum atomic E-state index is 2.51. The minimum absolute atomic E-state index is 0.0411. The first-order valence-electron chi connectivity index (χ1n) is 20.4. The summed E-state index contributed by atoms with van der Waals surface area (Å²) in [5.74, 6) is 0. The Balaban J connectivity index is 1.17. The number of benzene rings is 8. The SMILES string of the molecule is Cc1cc2c(cc1C)C1(c3ccccc3-c3ccccc31)c1c(C)c(C)cc(N(c3ccccc3)c3ccc(-c4cccc5c4-c4ccccc4C5(C)C)cc3)c1-2. The van der Waals surface area contributed by atoms with Gasteiger partial charge in [-0.15, -0.1) is 0 Å². The van der Waals surface area contributed by atoms with Crippen LogP contribution in [-0.2, 0) is 10.8 Å². The van der Waals surface area contributed by atoms with E-state index >= 15 is 0 Å². The standard InChI is InChI=1S/C56H45N/c1-34-31-45-50(32-35(34)2)56(47-24-14-10-19-42(47)43-20-11-15-25-48(43)56)54-37(4)36(3)33-51(53(45)54)57(39-17-8-7-9-18-39)40-29-27-38(28-30-40)41-22-16-26-49-52(41)44-21-12-13-23-46(44)55(49,5)6/h7-33H,1-6H3. The number of hydrogen-bond donors (Lipinski definition) is 0. The molecule has 0 atom stereocenters. The second-order valence-electron chi connectivity index (χ2n) is 17.0. The molecule has 0 amide bonds. The molecule has 0 unspecified atom stereocenters. The third kappa shape index (κ3) is 4.46. The van der Waals surface area contributed by atoms with Crippen molar-refractivity contribution in [2.24, 2.45) is 0 Å². The van der Waals surface area contributed by atoms with Crippen LogP contribution in [-0.4, -0.2) is 0 Å². The lowest BCUT2D eigenvalue weighted by atomic mass is 9.68. The zero-order valence-corrected chi connectivity index (χ0v) is 33.5. The van der Waals surface area contributed by atoms with Gasteiger partial charge in [-0.1, -0.05) is 147 Å². The summed E-state index contributed by atoms with van der Waals surface area (Å²) in [6.45, 7) is 13.9. The van der Waals surface area contributed by atoms with Crippen molar-refractivity contribution in [3.63, 3.8) is 0 Å². The first-order valence-corrected chi connectivity index (χ1v) is 20.4. The zero-order valence-electron chi connectivity index (χ0n) is 33.5. The van der Waals surface area contributed by atoms with Gasteiger partial charge in [0, 0.05) is 22.4 Å². The van der Waals surface area contributed by atoms with E-state index in [1.807, 2.05) is 0 Å². The van der Waals surface area contributed by atoms with Gasteiger partial charge in [0.1, 0.15) is 0 Å². The third-order valence-electron chi connectivity index (χ3n) is 13.8. The molecule has 8 aromatic carbocycles. The Hall–Kier alpha value is -6.44. The number of hydrogen-bond acceptors (Lipinski definition) is 1. The predicted molar refractivity (Wildman–Crippen MR) is 239 cm³/mol. The molecule has 0 N–H and O–H groups in total. The maximum Gasteiger partial charge on any atom is 0.0729 e. The van der Waals surface area contributed by atoms with Gasteiger partial charge in [0.05, 0.1) is 11.1 Å². The van der Waals surface area contributed by atoms with Gasteiger partial charge in [-0.05, 0) is 153 Å². The fourth-order valence-corrected chi connectivity index (χ4v) is 10.9. The van der Waals surface area contributed by atoms with Crippen LogP contribution in [0, 0.1) is 27.7 Å². The molecule has 3 aliphatic carbocycles. The zero-order chi connectivity index (χ0) is 38.8. The summed E-state index contributed by atoms with van der Waals surface area (Å²) in [6.07, 6.45) is 0. The highest BCUT2D eigenvalue weighted by atomic mass is 15.1. The Morgan fingerprint density at radius 1 is 0.386 bits per heavy atom. The molecule has 3 aliphatic rings. The third-order valence-corrected chi connectivity index (χ3v) is 13.8. The van der Waals surface area contributed by atoms with E-state index in [9.17, 15) is 0 Å². The molecule has 1 spiro atoms. The van der Waals surface area contributed by atoms with Gasteiger partial charge in [0.25, 0.3) is 0 Å². The average molecular weight is 732 g/mol. The molecule has 0 bridgehead atoms. The van der Waals surface area contributed by atoms with Gasteiger partial charge in [0.15, 0.2) is 0 Å². The summed E-state index contributed by atoms with van der Waals surface area (Å²) >= 11 is 0. The van der Waals surface area contributed by atoms with E-state index in [-0.39, 0.29) is 5.41 Å². The molecule has 1 nitrogen and oxygen atoms in total. The van der Waals surface area contributed by atoms with Crippen molar-refractivity contribution >= 4 is 17.1 Å². The Morgan fingerprint density at radius 3 is 1.61 bits per heavy atom. The van der Waals surface area contributed by atoms with Crippen LogP contribution in [0.3, 0.4) is 0 Å². The van der Waals surface area contributed by atoms with Gasteiger partial charge >= 0.3 is 0 Å². The number of nitrogens with zero attached hydrogens (tertiary/aromatic N) is 1. The second kappa shape index (κ2) is 12.0. The molecule has 0 aromatic heterocycles. The number of rotatable bonds is 4. The number of fused-ring (bicyclic) bond motifs is 13. The Kier molecular flexibility index (Phi) is 7.15. The molecule has 0 aliphatic heterocycles. The van der Waals surface area contributed by atoms with E-state index < -0.39 is 5.41 Å². The summed E-state index contributed by atoms with van der Waals surface area (Å²) in [5.41, 5.74) is 27.2. The minimum Gasteiger partial charge on any atom is -0.310 e. The molecule has 1 heteroatoms. The highest BCUT2D eigenvalue weighted by Gasteiger charge is 2.53. The van der Waals surface area contributed by atoms with Crippen LogP contribution in [0.2, 0.25) is 0 Å². The van der Waals surface area contributed by atoms with Crippen molar-refractivity contribution in [1.82, 2.24) is 0 Å². The van der Waals surface area contributed by atoms with Crippen LogP contribution in [0.15, 0.2) is 164 Å². The smallest absolute Gasteiger partial charge is 0.0729 e. The van der Waals surface area contributed by atoms with Crippen molar-refractivity contribution < 1.29 is 0 Å². The second-order valence-corrected chi connectivity index (χ2v) is 17.0. The van der Waals surface area contributed by atoms with Crippen LogP contribution in [0.1, 0.15) is 69.5 Å². The molecule has 0 saturated carbocycles. The normalized spacial score (nSPS) is 14.4. The molecule has 0 radical (unpaired) electrons. The van der Waals surface area contributed by atoms with Crippen LogP contribution in [0.5, 0.6) is 0 Å². The van der Waals surface area contributed by atoms with E-state index in [1.54, 1.807) is 0 Å². The summed E-state index contributed by atoms with van der Waals surface area (Å²) in [5, 5.41) is 0. The van der Waals surface area contributed by atoms with Crippen molar-refractivity contribution in [2.45, 2.75) is 52.4 Å². The Morgan fingerprint density at radius 2 is 0.930 bits per heavy atom. The lowest BCUT2D eigenvalue weighted by Gasteiger charge is -2.34. The number of aryl methyl sites for hydroxylation is 3. The highest BCUT2D eigenvalue weighted by molar-refractivity contribution is 6.02. The molecule has 0 heterocycles. The lowest BCUT2D eigenvalue weighted by molar-refractivity contribution is 0.660. The molecule has 0 fully saturated rings. The quantitative estimate of drug-likeness (QED) is 0.174. The molecule has 57 heavy (non-hydrogen) atoms. The van der Waals surface area contributed by atoms with Gasteiger partial charge in [-0.3, -0.25) is 0 Å². The fraction of sp³-hybridized carbons (Fsp3) is 0.143.